The highest BCUT2D eigenvalue weighted by Gasteiger charge is 2.36. The van der Waals surface area contributed by atoms with E-state index in [9.17, 15) is 19.5 Å². The highest BCUT2D eigenvalue weighted by Crippen LogP contribution is 2.26. The molecule has 1 atom stereocenters. The number of rotatable bonds is 8. The third kappa shape index (κ3) is 5.80. The summed E-state index contributed by atoms with van der Waals surface area (Å²) in [5.41, 5.74) is 0.745. The van der Waals surface area contributed by atoms with Crippen molar-refractivity contribution >= 4 is 22.8 Å². The predicted octanol–water partition coefficient (Wildman–Crippen LogP) is 1.54. The fraction of sp³-hybridized carbons (Fsp3) is 0.300. The quantitative estimate of drug-likeness (QED) is 0.328. The van der Waals surface area contributed by atoms with Gasteiger partial charge in [0.15, 0.2) is 5.65 Å². The Labute approximate surface area is 231 Å². The summed E-state index contributed by atoms with van der Waals surface area (Å²) in [6, 6.07) is 19.0. The largest absolute Gasteiger partial charge is 0.388 e. The Balaban J connectivity index is 1.27. The molecule has 1 fully saturated rings. The lowest BCUT2D eigenvalue weighted by molar-refractivity contribution is -0.140. The van der Waals surface area contributed by atoms with Crippen LogP contribution in [-0.2, 0) is 22.6 Å². The molecular weight excluding hydrogens is 508 g/mol. The van der Waals surface area contributed by atoms with E-state index in [4.69, 9.17) is 6.42 Å². The van der Waals surface area contributed by atoms with E-state index < -0.39 is 17.4 Å². The van der Waals surface area contributed by atoms with E-state index in [0.29, 0.717) is 43.4 Å². The van der Waals surface area contributed by atoms with E-state index in [-0.39, 0.29) is 24.6 Å². The van der Waals surface area contributed by atoms with Crippen LogP contribution < -0.4 is 10.9 Å². The zero-order chi connectivity index (χ0) is 28.1. The molecule has 10 nitrogen and oxygen atoms in total. The molecule has 0 saturated carbocycles. The number of carbonyl (C=O) groups is 2. The molecule has 204 valence electrons. The van der Waals surface area contributed by atoms with E-state index in [1.807, 2.05) is 66.6 Å². The van der Waals surface area contributed by atoms with Crippen molar-refractivity contribution in [2.45, 2.75) is 31.4 Å². The Morgan fingerprint density at radius 2 is 1.75 bits per heavy atom. The summed E-state index contributed by atoms with van der Waals surface area (Å²) < 4.78 is 3.02. The van der Waals surface area contributed by atoms with E-state index in [0.717, 1.165) is 11.3 Å². The lowest BCUT2D eigenvalue weighted by Gasteiger charge is -2.39. The number of aliphatic hydroxyl groups is 1. The minimum Gasteiger partial charge on any atom is -0.388 e. The van der Waals surface area contributed by atoms with Crippen LogP contribution in [0.15, 0.2) is 78.0 Å². The molecule has 1 aliphatic rings. The zero-order valence-electron chi connectivity index (χ0n) is 21.9. The van der Waals surface area contributed by atoms with Crippen LogP contribution in [0, 0.1) is 18.3 Å². The number of benzene rings is 2. The van der Waals surface area contributed by atoms with Crippen LogP contribution in [0.1, 0.15) is 18.4 Å². The van der Waals surface area contributed by atoms with Gasteiger partial charge in [-0.15, -0.1) is 6.42 Å². The van der Waals surface area contributed by atoms with Crippen LogP contribution in [0.4, 0.5) is 0 Å². The first-order chi connectivity index (χ1) is 19.4. The Hall–Kier alpha value is -4.75. The fourth-order valence-corrected chi connectivity index (χ4v) is 5.11. The number of amides is 2. The summed E-state index contributed by atoms with van der Waals surface area (Å²) in [5, 5.41) is 18.7. The second kappa shape index (κ2) is 11.6. The molecule has 0 radical (unpaired) electrons. The lowest BCUT2D eigenvalue weighted by atomic mass is 9.89. The molecule has 2 aromatic heterocycles. The number of likely N-dealkylation sites (tertiary alicyclic amines) is 1. The summed E-state index contributed by atoms with van der Waals surface area (Å²) >= 11 is 0. The fourth-order valence-electron chi connectivity index (χ4n) is 5.11. The smallest absolute Gasteiger partial charge is 0.295 e. The normalized spacial score (nSPS) is 15.3. The maximum Gasteiger partial charge on any atom is 0.295 e. The summed E-state index contributed by atoms with van der Waals surface area (Å²) in [6.07, 6.45) is 9.13. The zero-order valence-corrected chi connectivity index (χ0v) is 21.9. The van der Waals surface area contributed by atoms with Crippen molar-refractivity contribution in [1.82, 2.24) is 29.5 Å². The molecule has 0 bridgehead atoms. The Kier molecular flexibility index (Phi) is 7.75. The molecular formula is C30H30N6O4. The van der Waals surface area contributed by atoms with Crippen molar-refractivity contribution in [2.75, 3.05) is 19.6 Å². The van der Waals surface area contributed by atoms with Crippen molar-refractivity contribution < 1.29 is 14.7 Å². The van der Waals surface area contributed by atoms with Gasteiger partial charge in [0, 0.05) is 19.6 Å². The molecule has 1 saturated heterocycles. The Bertz CT molecular complexity index is 1600. The van der Waals surface area contributed by atoms with E-state index >= 15 is 0 Å². The van der Waals surface area contributed by atoms with Gasteiger partial charge in [0.25, 0.3) is 11.5 Å². The summed E-state index contributed by atoms with van der Waals surface area (Å²) in [5.74, 6) is 0.837. The molecule has 3 heterocycles. The highest BCUT2D eigenvalue weighted by atomic mass is 16.3. The number of hydrogen-bond donors (Lipinski definition) is 2. The molecule has 5 rings (SSSR count). The minimum absolute atomic E-state index is 0.0546. The number of terminal acetylenes is 1. The average molecular weight is 539 g/mol. The number of hydrogen-bond acceptors (Lipinski definition) is 6. The maximum atomic E-state index is 13.5. The number of nitrogens with zero attached hydrogens (tertiary/aromatic N) is 5. The first kappa shape index (κ1) is 26.8. The standard InChI is InChI=1S/C30H30N6O4/c1-2-26(37)31-18-23(17-22-9-5-3-6-10-22)28(38)34-15-13-30(40,14-16-34)20-35-21-32-27-25(29(35)39)19-33-36(27)24-11-7-4-8-12-24/h1,3-12,19,21,23,40H,13-18,20H2,(H,31,37)/t23-/m1/s1. The summed E-state index contributed by atoms with van der Waals surface area (Å²) in [6.45, 7) is 0.814. The van der Waals surface area contributed by atoms with Gasteiger partial charge in [0.05, 0.1) is 29.9 Å². The van der Waals surface area contributed by atoms with Crippen LogP contribution in [0.2, 0.25) is 0 Å². The van der Waals surface area contributed by atoms with Crippen LogP contribution in [0.5, 0.6) is 0 Å². The predicted molar refractivity (Wildman–Crippen MR) is 149 cm³/mol. The van der Waals surface area contributed by atoms with Crippen molar-refractivity contribution in [3.63, 3.8) is 0 Å². The van der Waals surface area contributed by atoms with Crippen molar-refractivity contribution in [3.05, 3.63) is 89.1 Å². The summed E-state index contributed by atoms with van der Waals surface area (Å²) in [7, 11) is 0. The van der Waals surface area contributed by atoms with Gasteiger partial charge in [0.1, 0.15) is 11.7 Å². The minimum atomic E-state index is -1.18. The molecule has 1 aliphatic heterocycles. The van der Waals surface area contributed by atoms with E-state index in [1.165, 1.54) is 17.1 Å². The second-order valence-corrected chi connectivity index (χ2v) is 10.1. The first-order valence-corrected chi connectivity index (χ1v) is 13.1. The number of carbonyl (C=O) groups excluding carboxylic acids is 2. The third-order valence-corrected chi connectivity index (χ3v) is 7.34. The van der Waals surface area contributed by atoms with Crippen molar-refractivity contribution in [3.8, 4) is 18.0 Å². The van der Waals surface area contributed by atoms with Crippen LogP contribution in [0.3, 0.4) is 0 Å². The van der Waals surface area contributed by atoms with Crippen molar-refractivity contribution in [2.24, 2.45) is 5.92 Å². The number of fused-ring (bicyclic) bond motifs is 1. The topological polar surface area (TPSA) is 122 Å². The average Bonchev–Trinajstić information content (AvgIpc) is 3.42. The van der Waals surface area contributed by atoms with Gasteiger partial charge in [-0.1, -0.05) is 48.5 Å². The molecule has 10 heteroatoms. The van der Waals surface area contributed by atoms with Crippen LogP contribution in [0.25, 0.3) is 16.7 Å². The monoisotopic (exact) mass is 538 g/mol. The van der Waals surface area contributed by atoms with Crippen molar-refractivity contribution in [1.29, 1.82) is 0 Å². The number of aromatic nitrogens is 4. The SMILES string of the molecule is C#CC(=O)NC[C@@H](Cc1ccccc1)C(=O)N1CCC(O)(Cn2cnc3c(cnn3-c3ccccc3)c2=O)CC1. The second-order valence-electron chi connectivity index (χ2n) is 10.1. The molecule has 2 aromatic carbocycles. The molecule has 4 aromatic rings. The van der Waals surface area contributed by atoms with Gasteiger partial charge < -0.3 is 15.3 Å². The Morgan fingerprint density at radius 3 is 2.42 bits per heavy atom. The lowest BCUT2D eigenvalue weighted by Crippen LogP contribution is -2.52. The molecule has 0 spiro atoms. The van der Waals surface area contributed by atoms with Crippen LogP contribution in [-0.4, -0.2) is 66.4 Å². The molecule has 2 N–H and O–H groups in total. The number of nitrogens with one attached hydrogen (secondary N) is 1. The summed E-state index contributed by atoms with van der Waals surface area (Å²) in [4.78, 5) is 44.5. The number of piperidine rings is 1. The van der Waals surface area contributed by atoms with E-state index in [2.05, 4.69) is 15.4 Å². The maximum absolute atomic E-state index is 13.5. The van der Waals surface area contributed by atoms with Gasteiger partial charge in [0.2, 0.25) is 5.91 Å². The van der Waals surface area contributed by atoms with Gasteiger partial charge >= 0.3 is 0 Å². The van der Waals surface area contributed by atoms with Gasteiger partial charge in [-0.05, 0) is 42.9 Å². The van der Waals surface area contributed by atoms with Crippen LogP contribution >= 0.6 is 0 Å². The van der Waals surface area contributed by atoms with Gasteiger partial charge in [-0.2, -0.15) is 5.10 Å². The van der Waals surface area contributed by atoms with Gasteiger partial charge in [-0.25, -0.2) is 9.67 Å². The first-order valence-electron chi connectivity index (χ1n) is 13.1. The highest BCUT2D eigenvalue weighted by molar-refractivity contribution is 5.93. The molecule has 2 amide bonds. The molecule has 40 heavy (non-hydrogen) atoms. The van der Waals surface area contributed by atoms with Gasteiger partial charge in [-0.3, -0.25) is 19.0 Å². The Morgan fingerprint density at radius 1 is 1.07 bits per heavy atom. The van der Waals surface area contributed by atoms with E-state index in [1.54, 1.807) is 9.58 Å². The molecule has 0 unspecified atom stereocenters. The molecule has 0 aliphatic carbocycles. The number of para-hydroxylation sites is 1. The third-order valence-electron chi connectivity index (χ3n) is 7.34.